The van der Waals surface area contributed by atoms with E-state index in [9.17, 15) is 18.8 Å². The van der Waals surface area contributed by atoms with Gasteiger partial charge in [-0.2, -0.15) is 0 Å². The Labute approximate surface area is 175 Å². The third-order valence-corrected chi connectivity index (χ3v) is 4.73. The first-order valence-electron chi connectivity index (χ1n) is 8.42. The highest BCUT2D eigenvalue weighted by Gasteiger charge is 2.16. The highest BCUT2D eigenvalue weighted by atomic mass is 32.1. The van der Waals surface area contributed by atoms with Gasteiger partial charge in [0.05, 0.1) is 12.8 Å². The van der Waals surface area contributed by atoms with Gasteiger partial charge >= 0.3 is 5.97 Å². The summed E-state index contributed by atoms with van der Waals surface area (Å²) in [4.78, 5) is 37.3. The molecule has 3 rings (SSSR count). The standard InChI is InChI=1S/C12H9FN2O3S.C8H9NO2/c1-6-9(11(17)18)19-12(14-6)15-10(16)7-2-4-8(13)5-3-7;1-11-7-4-2-3-6(5-7)8(9)10/h2-5H,1H3,(H,17,18)(H,14,15,16);2-5H,1H3,(H2,9,10). The molecule has 3 aromatic rings. The molecular weight excluding hydrogens is 413 g/mol. The SMILES string of the molecule is COc1cccc(C(N)=O)c1.Cc1nc(NC(=O)c2ccc(F)cc2)sc1C(=O)O. The van der Waals surface area contributed by atoms with Crippen molar-refractivity contribution in [2.45, 2.75) is 6.92 Å². The van der Waals surface area contributed by atoms with Crippen LogP contribution in [-0.2, 0) is 0 Å². The van der Waals surface area contributed by atoms with Crippen molar-refractivity contribution in [1.82, 2.24) is 4.98 Å². The molecule has 156 valence electrons. The predicted molar refractivity (Wildman–Crippen MR) is 110 cm³/mol. The fraction of sp³-hybridized carbons (Fsp3) is 0.100. The van der Waals surface area contributed by atoms with E-state index in [0.29, 0.717) is 17.0 Å². The van der Waals surface area contributed by atoms with Crippen LogP contribution in [0.4, 0.5) is 9.52 Å². The fourth-order valence-corrected chi connectivity index (χ4v) is 3.00. The van der Waals surface area contributed by atoms with Crippen LogP contribution in [-0.4, -0.2) is 35.0 Å². The summed E-state index contributed by atoms with van der Waals surface area (Å²) in [5, 5.41) is 11.6. The molecule has 2 amide bonds. The number of ether oxygens (including phenoxy) is 1. The number of nitrogens with zero attached hydrogens (tertiary/aromatic N) is 1. The molecule has 8 nitrogen and oxygen atoms in total. The summed E-state index contributed by atoms with van der Waals surface area (Å²) in [5.74, 6) is -1.79. The van der Waals surface area contributed by atoms with Crippen LogP contribution in [0.25, 0.3) is 0 Å². The van der Waals surface area contributed by atoms with Crippen LogP contribution >= 0.6 is 11.3 Å². The number of nitrogens with two attached hydrogens (primary N) is 1. The number of hydrogen-bond donors (Lipinski definition) is 3. The van der Waals surface area contributed by atoms with Gasteiger partial charge in [-0.3, -0.25) is 14.9 Å². The third-order valence-electron chi connectivity index (χ3n) is 3.67. The summed E-state index contributed by atoms with van der Waals surface area (Å²) in [6.07, 6.45) is 0. The number of aryl methyl sites for hydroxylation is 1. The number of aromatic carboxylic acids is 1. The topological polar surface area (TPSA) is 132 Å². The first-order chi connectivity index (χ1) is 14.2. The third kappa shape index (κ3) is 6.11. The van der Waals surface area contributed by atoms with Crippen LogP contribution < -0.4 is 15.8 Å². The number of aromatic nitrogens is 1. The predicted octanol–water partition coefficient (Wildman–Crippen LogP) is 3.34. The summed E-state index contributed by atoms with van der Waals surface area (Å²) in [7, 11) is 1.54. The highest BCUT2D eigenvalue weighted by Crippen LogP contribution is 2.23. The van der Waals surface area contributed by atoms with Gasteiger partial charge in [0.1, 0.15) is 16.4 Å². The molecule has 0 unspecified atom stereocenters. The minimum atomic E-state index is -1.09. The normalized spacial score (nSPS) is 9.83. The van der Waals surface area contributed by atoms with E-state index >= 15 is 0 Å². The van der Waals surface area contributed by atoms with E-state index in [0.717, 1.165) is 11.3 Å². The zero-order valence-electron chi connectivity index (χ0n) is 16.0. The number of carbonyl (C=O) groups is 3. The van der Waals surface area contributed by atoms with Crippen LogP contribution in [0.2, 0.25) is 0 Å². The minimum Gasteiger partial charge on any atom is -0.497 e. The Balaban J connectivity index is 0.000000248. The molecule has 0 saturated carbocycles. The van der Waals surface area contributed by atoms with E-state index in [1.807, 2.05) is 0 Å². The van der Waals surface area contributed by atoms with E-state index in [1.165, 1.54) is 24.3 Å². The average Bonchev–Trinajstić information content (AvgIpc) is 3.09. The van der Waals surface area contributed by atoms with Crippen molar-refractivity contribution < 1.29 is 28.6 Å². The maximum atomic E-state index is 12.7. The average molecular weight is 431 g/mol. The molecule has 0 atom stereocenters. The van der Waals surface area contributed by atoms with Crippen LogP contribution in [0, 0.1) is 12.7 Å². The molecule has 2 aromatic carbocycles. The molecule has 0 aliphatic heterocycles. The lowest BCUT2D eigenvalue weighted by Gasteiger charge is -2.00. The van der Waals surface area contributed by atoms with Crippen LogP contribution in [0.15, 0.2) is 48.5 Å². The molecule has 0 spiro atoms. The van der Waals surface area contributed by atoms with Crippen molar-refractivity contribution in [1.29, 1.82) is 0 Å². The summed E-state index contributed by atoms with van der Waals surface area (Å²) in [6.45, 7) is 1.55. The maximum absolute atomic E-state index is 12.7. The molecule has 1 aromatic heterocycles. The number of carboxylic acid groups (broad SMARTS) is 1. The fourth-order valence-electron chi connectivity index (χ4n) is 2.20. The van der Waals surface area contributed by atoms with E-state index < -0.39 is 23.6 Å². The number of primary amides is 1. The summed E-state index contributed by atoms with van der Waals surface area (Å²) < 4.78 is 17.6. The Morgan fingerprint density at radius 3 is 2.33 bits per heavy atom. The first kappa shape index (κ1) is 22.5. The molecule has 1 heterocycles. The van der Waals surface area contributed by atoms with Crippen LogP contribution in [0.5, 0.6) is 5.75 Å². The molecule has 30 heavy (non-hydrogen) atoms. The number of anilines is 1. The molecule has 0 bridgehead atoms. The molecule has 0 aliphatic rings. The highest BCUT2D eigenvalue weighted by molar-refractivity contribution is 7.17. The Morgan fingerprint density at radius 2 is 1.80 bits per heavy atom. The second kappa shape index (κ2) is 10.1. The summed E-state index contributed by atoms with van der Waals surface area (Å²) in [6, 6.07) is 11.7. The number of carboxylic acids is 1. The largest absolute Gasteiger partial charge is 0.497 e. The van der Waals surface area contributed by atoms with Crippen molar-refractivity contribution in [2.75, 3.05) is 12.4 Å². The van der Waals surface area contributed by atoms with E-state index in [2.05, 4.69) is 10.3 Å². The Kier molecular flexibility index (Phi) is 7.59. The van der Waals surface area contributed by atoms with Crippen molar-refractivity contribution in [3.63, 3.8) is 0 Å². The quantitative estimate of drug-likeness (QED) is 0.568. The maximum Gasteiger partial charge on any atom is 0.347 e. The van der Waals surface area contributed by atoms with Gasteiger partial charge in [0.25, 0.3) is 5.91 Å². The monoisotopic (exact) mass is 431 g/mol. The van der Waals surface area contributed by atoms with Gasteiger partial charge in [-0.15, -0.1) is 0 Å². The molecule has 4 N–H and O–H groups in total. The minimum absolute atomic E-state index is 0.0782. The first-order valence-corrected chi connectivity index (χ1v) is 9.24. The Hall–Kier alpha value is -3.79. The van der Waals surface area contributed by atoms with Crippen LogP contribution in [0.1, 0.15) is 36.1 Å². The van der Waals surface area contributed by atoms with Crippen LogP contribution in [0.3, 0.4) is 0 Å². The van der Waals surface area contributed by atoms with Crippen molar-refractivity contribution >= 4 is 34.3 Å². The zero-order chi connectivity index (χ0) is 22.3. The number of carbonyl (C=O) groups excluding carboxylic acids is 2. The second-order valence-electron chi connectivity index (χ2n) is 5.80. The van der Waals surface area contributed by atoms with Gasteiger partial charge in [0, 0.05) is 11.1 Å². The van der Waals surface area contributed by atoms with Gasteiger partial charge in [-0.25, -0.2) is 14.2 Å². The van der Waals surface area contributed by atoms with Gasteiger partial charge in [-0.05, 0) is 49.4 Å². The lowest BCUT2D eigenvalue weighted by molar-refractivity contribution is 0.0700. The van der Waals surface area contributed by atoms with Gasteiger partial charge in [0.2, 0.25) is 5.91 Å². The number of methoxy groups -OCH3 is 1. The van der Waals surface area contributed by atoms with Gasteiger partial charge in [0.15, 0.2) is 5.13 Å². The Morgan fingerprint density at radius 1 is 1.13 bits per heavy atom. The molecule has 0 saturated heterocycles. The van der Waals surface area contributed by atoms with Crippen molar-refractivity contribution in [2.24, 2.45) is 5.73 Å². The zero-order valence-corrected chi connectivity index (χ0v) is 16.8. The van der Waals surface area contributed by atoms with Gasteiger partial charge < -0.3 is 15.6 Å². The number of thiazole rings is 1. The lowest BCUT2D eigenvalue weighted by Crippen LogP contribution is -2.11. The number of amides is 2. The van der Waals surface area contributed by atoms with E-state index in [-0.39, 0.29) is 15.6 Å². The number of hydrogen-bond acceptors (Lipinski definition) is 6. The molecular formula is C20H18FN3O5S. The lowest BCUT2D eigenvalue weighted by atomic mass is 10.2. The number of benzene rings is 2. The number of rotatable bonds is 5. The molecule has 10 heteroatoms. The molecule has 0 fully saturated rings. The van der Waals surface area contributed by atoms with E-state index in [1.54, 1.807) is 38.3 Å². The molecule has 0 radical (unpaired) electrons. The number of nitrogens with one attached hydrogen (secondary N) is 1. The summed E-state index contributed by atoms with van der Waals surface area (Å²) in [5.41, 5.74) is 6.11. The van der Waals surface area contributed by atoms with Gasteiger partial charge in [-0.1, -0.05) is 17.4 Å². The van der Waals surface area contributed by atoms with Crippen molar-refractivity contribution in [3.8, 4) is 5.75 Å². The van der Waals surface area contributed by atoms with E-state index in [4.69, 9.17) is 15.6 Å². The smallest absolute Gasteiger partial charge is 0.347 e. The second-order valence-corrected chi connectivity index (χ2v) is 6.79. The molecule has 0 aliphatic carbocycles. The Bertz CT molecular complexity index is 1070. The van der Waals surface area contributed by atoms with Crippen molar-refractivity contribution in [3.05, 3.63) is 76.0 Å². The number of halogens is 1. The summed E-state index contributed by atoms with van der Waals surface area (Å²) >= 11 is 0.877.